The van der Waals surface area contributed by atoms with E-state index < -0.39 is 5.41 Å². The first kappa shape index (κ1) is 23.3. The number of hydrogen-bond acceptors (Lipinski definition) is 2. The van der Waals surface area contributed by atoms with Gasteiger partial charge in [0.05, 0.1) is 5.41 Å². The van der Waals surface area contributed by atoms with Crippen molar-refractivity contribution in [2.24, 2.45) is 11.3 Å². The molecule has 2 aromatic rings. The van der Waals surface area contributed by atoms with Crippen LogP contribution in [-0.4, -0.2) is 36.3 Å². The molecular formula is C29H36N2O2. The molecule has 0 unspecified atom stereocenters. The predicted molar refractivity (Wildman–Crippen MR) is 134 cm³/mol. The van der Waals surface area contributed by atoms with Crippen LogP contribution in [0.5, 0.6) is 0 Å². The molecule has 1 aliphatic carbocycles. The Kier molecular flexibility index (Phi) is 7.64. The summed E-state index contributed by atoms with van der Waals surface area (Å²) in [5.41, 5.74) is 3.01. The van der Waals surface area contributed by atoms with E-state index in [0.29, 0.717) is 44.8 Å². The summed E-state index contributed by atoms with van der Waals surface area (Å²) >= 11 is 0. The van der Waals surface area contributed by atoms with Crippen LogP contribution in [-0.2, 0) is 16.0 Å². The fourth-order valence-electron chi connectivity index (χ4n) is 5.48. The average Bonchev–Trinajstić information content (AvgIpc) is 2.88. The summed E-state index contributed by atoms with van der Waals surface area (Å²) in [4.78, 5) is 28.5. The van der Waals surface area contributed by atoms with E-state index in [4.69, 9.17) is 0 Å². The van der Waals surface area contributed by atoms with Gasteiger partial charge in [0.2, 0.25) is 11.8 Å². The van der Waals surface area contributed by atoms with Crippen molar-refractivity contribution in [3.63, 3.8) is 0 Å². The third-order valence-electron chi connectivity index (χ3n) is 7.45. The molecule has 1 saturated heterocycles. The van der Waals surface area contributed by atoms with E-state index in [2.05, 4.69) is 48.3 Å². The van der Waals surface area contributed by atoms with Crippen molar-refractivity contribution >= 4 is 11.8 Å². The van der Waals surface area contributed by atoms with Crippen molar-refractivity contribution in [1.82, 2.24) is 10.2 Å². The molecule has 0 aromatic heterocycles. The molecule has 0 spiro atoms. The van der Waals surface area contributed by atoms with Crippen LogP contribution in [0, 0.1) is 11.3 Å². The number of nitrogens with one attached hydrogen (secondary N) is 1. The van der Waals surface area contributed by atoms with E-state index in [1.807, 2.05) is 23.1 Å². The lowest BCUT2D eigenvalue weighted by Crippen LogP contribution is -2.52. The zero-order valence-electron chi connectivity index (χ0n) is 19.6. The van der Waals surface area contributed by atoms with E-state index in [0.717, 1.165) is 31.2 Å². The molecule has 174 valence electrons. The van der Waals surface area contributed by atoms with Crippen LogP contribution in [0.25, 0.3) is 11.1 Å². The van der Waals surface area contributed by atoms with Crippen LogP contribution >= 0.6 is 0 Å². The van der Waals surface area contributed by atoms with Gasteiger partial charge in [0, 0.05) is 25.6 Å². The van der Waals surface area contributed by atoms with Crippen LogP contribution in [0.15, 0.2) is 67.3 Å². The average molecular weight is 445 g/mol. The summed E-state index contributed by atoms with van der Waals surface area (Å²) in [5.74, 6) is 0.571. The Morgan fingerprint density at radius 2 is 1.67 bits per heavy atom. The van der Waals surface area contributed by atoms with Crippen molar-refractivity contribution in [2.45, 2.75) is 51.4 Å². The smallest absolute Gasteiger partial charge is 0.226 e. The first-order valence-corrected chi connectivity index (χ1v) is 12.4. The van der Waals surface area contributed by atoms with Gasteiger partial charge in [-0.2, -0.15) is 0 Å². The predicted octanol–water partition coefficient (Wildman–Crippen LogP) is 5.39. The summed E-state index contributed by atoms with van der Waals surface area (Å²) in [6, 6.07) is 18.9. The first-order valence-electron chi connectivity index (χ1n) is 12.4. The molecule has 2 aromatic carbocycles. The number of likely N-dealkylation sites (tertiary alicyclic amines) is 1. The minimum absolute atomic E-state index is 0.0808. The monoisotopic (exact) mass is 444 g/mol. The van der Waals surface area contributed by atoms with Gasteiger partial charge in [-0.3, -0.25) is 9.59 Å². The molecule has 1 N–H and O–H groups in total. The van der Waals surface area contributed by atoms with Gasteiger partial charge < -0.3 is 10.2 Å². The van der Waals surface area contributed by atoms with Gasteiger partial charge in [-0.1, -0.05) is 79.9 Å². The van der Waals surface area contributed by atoms with Crippen molar-refractivity contribution < 1.29 is 9.59 Å². The van der Waals surface area contributed by atoms with Gasteiger partial charge >= 0.3 is 0 Å². The summed E-state index contributed by atoms with van der Waals surface area (Å²) < 4.78 is 0. The van der Waals surface area contributed by atoms with Crippen molar-refractivity contribution in [2.75, 3.05) is 19.6 Å². The van der Waals surface area contributed by atoms with Gasteiger partial charge in [0.1, 0.15) is 0 Å². The summed E-state index contributed by atoms with van der Waals surface area (Å²) in [7, 11) is 0. The number of hydrogen-bond donors (Lipinski definition) is 1. The highest BCUT2D eigenvalue weighted by molar-refractivity contribution is 5.84. The van der Waals surface area contributed by atoms with Gasteiger partial charge in [-0.15, -0.1) is 6.58 Å². The number of rotatable bonds is 7. The fourth-order valence-corrected chi connectivity index (χ4v) is 5.48. The van der Waals surface area contributed by atoms with Crippen LogP contribution in [0.3, 0.4) is 0 Å². The molecule has 4 heteroatoms. The van der Waals surface area contributed by atoms with Gasteiger partial charge in [0.15, 0.2) is 0 Å². The second-order valence-corrected chi connectivity index (χ2v) is 9.68. The van der Waals surface area contributed by atoms with E-state index >= 15 is 0 Å². The van der Waals surface area contributed by atoms with Gasteiger partial charge in [0.25, 0.3) is 0 Å². The molecule has 33 heavy (non-hydrogen) atoms. The maximum absolute atomic E-state index is 13.4. The molecule has 2 aliphatic rings. The first-order chi connectivity index (χ1) is 16.1. The normalized spacial score (nSPS) is 18.5. The Morgan fingerprint density at radius 3 is 2.36 bits per heavy atom. The number of benzene rings is 2. The third-order valence-corrected chi connectivity index (χ3v) is 7.45. The van der Waals surface area contributed by atoms with Crippen molar-refractivity contribution in [1.29, 1.82) is 0 Å². The molecule has 0 atom stereocenters. The second-order valence-electron chi connectivity index (χ2n) is 9.68. The van der Waals surface area contributed by atoms with Gasteiger partial charge in [-0.05, 0) is 48.8 Å². The zero-order valence-corrected chi connectivity index (χ0v) is 19.6. The van der Waals surface area contributed by atoms with Crippen LogP contribution in [0.4, 0.5) is 0 Å². The van der Waals surface area contributed by atoms with Crippen molar-refractivity contribution in [3.8, 4) is 11.1 Å². The zero-order chi connectivity index (χ0) is 23.1. The topological polar surface area (TPSA) is 49.4 Å². The maximum Gasteiger partial charge on any atom is 0.226 e. The van der Waals surface area contributed by atoms with Crippen LogP contribution < -0.4 is 5.32 Å². The second kappa shape index (κ2) is 10.8. The number of amides is 2. The lowest BCUT2D eigenvalue weighted by Gasteiger charge is -2.42. The Hall–Kier alpha value is -2.88. The standard InChI is InChI=1S/C29H36N2O2/c1-2-18-30-28(33)29(16-19-31(20-17-29)27(32)25-13-7-4-8-14-25)22-23-10-9-15-26(21-23)24-11-5-3-6-12-24/h2-3,5-6,9-12,15,21,25H,1,4,7-8,13-14,16-20,22H2,(H,30,33). The number of carbonyl (C=O) groups is 2. The third kappa shape index (κ3) is 5.55. The number of piperidine rings is 1. The summed E-state index contributed by atoms with van der Waals surface area (Å²) in [6.07, 6.45) is 9.42. The molecule has 1 heterocycles. The van der Waals surface area contributed by atoms with Crippen molar-refractivity contribution in [3.05, 3.63) is 72.8 Å². The maximum atomic E-state index is 13.4. The highest BCUT2D eigenvalue weighted by Crippen LogP contribution is 2.37. The number of nitrogens with zero attached hydrogens (tertiary/aromatic N) is 1. The highest BCUT2D eigenvalue weighted by Gasteiger charge is 2.42. The van der Waals surface area contributed by atoms with E-state index in [1.54, 1.807) is 6.08 Å². The fraction of sp³-hybridized carbons (Fsp3) is 0.448. The molecular weight excluding hydrogens is 408 g/mol. The molecule has 2 amide bonds. The Bertz CT molecular complexity index is 955. The molecule has 0 bridgehead atoms. The quantitative estimate of drug-likeness (QED) is 0.582. The van der Waals surface area contributed by atoms with E-state index in [-0.39, 0.29) is 11.8 Å². The Balaban J connectivity index is 1.51. The highest BCUT2D eigenvalue weighted by atomic mass is 16.2. The summed E-state index contributed by atoms with van der Waals surface area (Å²) in [6.45, 7) is 5.54. The Morgan fingerprint density at radius 1 is 0.970 bits per heavy atom. The number of carbonyl (C=O) groups excluding carboxylic acids is 2. The van der Waals surface area contributed by atoms with Gasteiger partial charge in [-0.25, -0.2) is 0 Å². The molecule has 1 saturated carbocycles. The molecule has 4 nitrogen and oxygen atoms in total. The summed E-state index contributed by atoms with van der Waals surface area (Å²) in [5, 5.41) is 3.06. The largest absolute Gasteiger partial charge is 0.352 e. The lowest BCUT2D eigenvalue weighted by molar-refractivity contribution is -0.143. The molecule has 2 fully saturated rings. The van der Waals surface area contributed by atoms with E-state index in [9.17, 15) is 9.59 Å². The SMILES string of the molecule is C=CCNC(=O)C1(Cc2cccc(-c3ccccc3)c2)CCN(C(=O)C2CCCCC2)CC1. The molecule has 0 radical (unpaired) electrons. The van der Waals surface area contributed by atoms with Crippen LogP contribution in [0.1, 0.15) is 50.5 Å². The lowest BCUT2D eigenvalue weighted by atomic mass is 9.72. The van der Waals surface area contributed by atoms with E-state index in [1.165, 1.54) is 17.5 Å². The molecule has 4 rings (SSSR count). The minimum Gasteiger partial charge on any atom is -0.352 e. The minimum atomic E-state index is -0.498. The van der Waals surface area contributed by atoms with Crippen LogP contribution in [0.2, 0.25) is 0 Å². The molecule has 1 aliphatic heterocycles. The Labute approximate surface area is 198 Å².